The fraction of sp³-hybridized carbons (Fsp3) is 1.00. The Hall–Kier alpha value is -0.290. The van der Waals surface area contributed by atoms with Gasteiger partial charge in [-0.25, -0.2) is 0 Å². The molecule has 0 amide bonds. The van der Waals surface area contributed by atoms with Crippen molar-refractivity contribution in [3.63, 3.8) is 0 Å². The van der Waals surface area contributed by atoms with Gasteiger partial charge in [-0.3, -0.25) is 9.80 Å². The molecule has 118 valence electrons. The Morgan fingerprint density at radius 3 is 1.95 bits per heavy atom. The van der Waals surface area contributed by atoms with E-state index in [-0.39, 0.29) is 12.0 Å². The molecule has 0 aliphatic carbocycles. The Morgan fingerprint density at radius 1 is 1.05 bits per heavy atom. The van der Waals surface area contributed by atoms with Gasteiger partial charge < -0.3 is 0 Å². The van der Waals surface area contributed by atoms with Gasteiger partial charge >= 0.3 is 6.18 Å². The summed E-state index contributed by atoms with van der Waals surface area (Å²) in [6, 6.07) is 0.904. The van der Waals surface area contributed by atoms with Gasteiger partial charge in [-0.2, -0.15) is 13.2 Å². The second-order valence-corrected chi connectivity index (χ2v) is 7.43. The fourth-order valence-electron chi connectivity index (χ4n) is 3.41. The lowest BCUT2D eigenvalue weighted by atomic mass is 10.0. The minimum atomic E-state index is -4.05. The van der Waals surface area contributed by atoms with Crippen molar-refractivity contribution in [1.82, 2.24) is 9.80 Å². The van der Waals surface area contributed by atoms with E-state index in [0.29, 0.717) is 18.6 Å². The van der Waals surface area contributed by atoms with Crippen molar-refractivity contribution in [2.24, 2.45) is 5.92 Å². The third-order valence-corrected chi connectivity index (χ3v) is 4.96. The zero-order valence-corrected chi connectivity index (χ0v) is 13.0. The Kier molecular flexibility index (Phi) is 4.41. The van der Waals surface area contributed by atoms with Crippen molar-refractivity contribution in [3.05, 3.63) is 0 Å². The van der Waals surface area contributed by atoms with E-state index in [9.17, 15) is 13.2 Å². The third kappa shape index (κ3) is 3.48. The Morgan fingerprint density at radius 2 is 1.55 bits per heavy atom. The van der Waals surface area contributed by atoms with Crippen molar-refractivity contribution >= 4 is 0 Å². The first-order valence-corrected chi connectivity index (χ1v) is 7.66. The largest absolute Gasteiger partial charge is 0.391 e. The summed E-state index contributed by atoms with van der Waals surface area (Å²) in [6.07, 6.45) is -1.55. The molecule has 3 unspecified atom stereocenters. The quantitative estimate of drug-likeness (QED) is 0.785. The Bertz CT molecular complexity index is 321. The van der Waals surface area contributed by atoms with E-state index in [2.05, 4.69) is 30.6 Å². The fourth-order valence-corrected chi connectivity index (χ4v) is 3.41. The molecule has 2 aliphatic rings. The molecule has 2 saturated heterocycles. The van der Waals surface area contributed by atoms with E-state index < -0.39 is 12.1 Å². The number of hydrogen-bond acceptors (Lipinski definition) is 2. The average Bonchev–Trinajstić information content (AvgIpc) is 2.54. The van der Waals surface area contributed by atoms with E-state index in [0.717, 1.165) is 25.9 Å². The zero-order valence-electron chi connectivity index (χ0n) is 13.0. The average molecular weight is 292 g/mol. The summed E-state index contributed by atoms with van der Waals surface area (Å²) in [4.78, 5) is 4.82. The van der Waals surface area contributed by atoms with Gasteiger partial charge in [-0.15, -0.1) is 0 Å². The van der Waals surface area contributed by atoms with Crippen LogP contribution in [0.25, 0.3) is 0 Å². The van der Waals surface area contributed by atoms with Crippen LogP contribution in [0.15, 0.2) is 0 Å². The van der Waals surface area contributed by atoms with Gasteiger partial charge in [0.25, 0.3) is 0 Å². The van der Waals surface area contributed by atoms with Gasteiger partial charge in [-0.1, -0.05) is 6.92 Å². The second kappa shape index (κ2) is 5.48. The number of alkyl halides is 3. The summed E-state index contributed by atoms with van der Waals surface area (Å²) in [5, 5.41) is 0. The summed E-state index contributed by atoms with van der Waals surface area (Å²) >= 11 is 0. The molecule has 2 rings (SSSR count). The van der Waals surface area contributed by atoms with Gasteiger partial charge in [0.1, 0.15) is 0 Å². The van der Waals surface area contributed by atoms with E-state index in [4.69, 9.17) is 0 Å². The van der Waals surface area contributed by atoms with Gasteiger partial charge in [0.05, 0.1) is 5.92 Å². The Labute approximate surface area is 120 Å². The summed E-state index contributed by atoms with van der Waals surface area (Å²) in [5.41, 5.74) is 0.159. The van der Waals surface area contributed by atoms with Gasteiger partial charge in [0, 0.05) is 30.7 Å². The molecule has 2 aliphatic heterocycles. The number of fused-ring (bicyclic) bond motifs is 2. The summed E-state index contributed by atoms with van der Waals surface area (Å²) in [6.45, 7) is 10.5. The van der Waals surface area contributed by atoms with Crippen LogP contribution in [0, 0.1) is 5.92 Å². The highest BCUT2D eigenvalue weighted by Crippen LogP contribution is 2.35. The molecule has 2 bridgehead atoms. The number of hydrogen-bond donors (Lipinski definition) is 0. The van der Waals surface area contributed by atoms with Crippen LogP contribution in [0.1, 0.15) is 47.0 Å². The molecule has 0 aromatic carbocycles. The lowest BCUT2D eigenvalue weighted by Crippen LogP contribution is -2.58. The molecular weight excluding hydrogens is 265 g/mol. The summed E-state index contributed by atoms with van der Waals surface area (Å²) < 4.78 is 37.8. The molecule has 5 heteroatoms. The molecule has 0 aromatic rings. The minimum absolute atomic E-state index is 0.159. The highest BCUT2D eigenvalue weighted by molar-refractivity contribution is 4.98. The molecule has 2 heterocycles. The summed E-state index contributed by atoms with van der Waals surface area (Å²) in [7, 11) is 0. The highest BCUT2D eigenvalue weighted by atomic mass is 19.4. The SMILES string of the molecule is CC(CCN1C2CCC1CN(C(C)(C)C)C2)C(F)(F)F. The number of piperazine rings is 1. The number of nitrogens with zero attached hydrogens (tertiary/aromatic N) is 2. The summed E-state index contributed by atoms with van der Waals surface area (Å²) in [5.74, 6) is -1.19. The minimum Gasteiger partial charge on any atom is -0.295 e. The maximum Gasteiger partial charge on any atom is 0.391 e. The number of rotatable bonds is 3. The molecule has 0 saturated carbocycles. The maximum atomic E-state index is 12.6. The topological polar surface area (TPSA) is 6.48 Å². The lowest BCUT2D eigenvalue weighted by Gasteiger charge is -2.47. The number of halogens is 3. The molecule has 0 aromatic heterocycles. The first kappa shape index (κ1) is 16.1. The van der Waals surface area contributed by atoms with Crippen molar-refractivity contribution in [2.45, 2.75) is 70.8 Å². The van der Waals surface area contributed by atoms with Crippen molar-refractivity contribution in [1.29, 1.82) is 0 Å². The van der Waals surface area contributed by atoms with E-state index in [1.54, 1.807) is 0 Å². The van der Waals surface area contributed by atoms with Crippen molar-refractivity contribution in [3.8, 4) is 0 Å². The second-order valence-electron chi connectivity index (χ2n) is 7.43. The van der Waals surface area contributed by atoms with E-state index in [1.807, 2.05) is 0 Å². The van der Waals surface area contributed by atoms with Crippen LogP contribution in [0.2, 0.25) is 0 Å². The predicted molar refractivity (Wildman–Crippen MR) is 74.7 cm³/mol. The van der Waals surface area contributed by atoms with Crippen LogP contribution in [0.5, 0.6) is 0 Å². The van der Waals surface area contributed by atoms with E-state index in [1.165, 1.54) is 6.92 Å². The molecule has 0 N–H and O–H groups in total. The standard InChI is InChI=1S/C15H27F3N2/c1-11(15(16,17)18)7-8-20-12-5-6-13(20)10-19(9-12)14(2,3)4/h11-13H,5-10H2,1-4H3. The van der Waals surface area contributed by atoms with Crippen LogP contribution in [0.3, 0.4) is 0 Å². The first-order valence-electron chi connectivity index (χ1n) is 7.66. The molecular formula is C15H27F3N2. The van der Waals surface area contributed by atoms with Crippen LogP contribution in [-0.4, -0.2) is 53.2 Å². The third-order valence-electron chi connectivity index (χ3n) is 4.96. The van der Waals surface area contributed by atoms with Crippen LogP contribution in [0.4, 0.5) is 13.2 Å². The van der Waals surface area contributed by atoms with Crippen LogP contribution >= 0.6 is 0 Å². The van der Waals surface area contributed by atoms with Crippen molar-refractivity contribution < 1.29 is 13.2 Å². The number of likely N-dealkylation sites (tertiary alicyclic amines) is 1. The monoisotopic (exact) mass is 292 g/mol. The first-order chi connectivity index (χ1) is 9.09. The van der Waals surface area contributed by atoms with Gasteiger partial charge in [0.2, 0.25) is 0 Å². The molecule has 20 heavy (non-hydrogen) atoms. The maximum absolute atomic E-state index is 12.6. The molecule has 2 fully saturated rings. The predicted octanol–water partition coefficient (Wildman–Crippen LogP) is 3.52. The van der Waals surface area contributed by atoms with Gasteiger partial charge in [-0.05, 0) is 46.6 Å². The highest BCUT2D eigenvalue weighted by Gasteiger charge is 2.43. The smallest absolute Gasteiger partial charge is 0.295 e. The molecule has 3 atom stereocenters. The van der Waals surface area contributed by atoms with Crippen LogP contribution < -0.4 is 0 Å². The van der Waals surface area contributed by atoms with E-state index >= 15 is 0 Å². The lowest BCUT2D eigenvalue weighted by molar-refractivity contribution is -0.172. The zero-order chi connectivity index (χ0) is 15.1. The normalized spacial score (nSPS) is 30.8. The van der Waals surface area contributed by atoms with Gasteiger partial charge in [0.15, 0.2) is 0 Å². The molecule has 0 radical (unpaired) electrons. The molecule has 0 spiro atoms. The molecule has 2 nitrogen and oxygen atoms in total. The van der Waals surface area contributed by atoms with Crippen molar-refractivity contribution in [2.75, 3.05) is 19.6 Å². The van der Waals surface area contributed by atoms with Crippen LogP contribution in [-0.2, 0) is 0 Å². The Balaban J connectivity index is 1.90.